The van der Waals surface area contributed by atoms with Crippen molar-refractivity contribution in [1.82, 2.24) is 15.5 Å². The summed E-state index contributed by atoms with van der Waals surface area (Å²) in [6.07, 6.45) is 5.24. The van der Waals surface area contributed by atoms with Crippen LogP contribution in [0.4, 0.5) is 5.82 Å². The molecule has 0 saturated heterocycles. The molecule has 0 bridgehead atoms. The fourth-order valence-corrected chi connectivity index (χ4v) is 2.59. The molecular weight excluding hydrogens is 240 g/mol. The van der Waals surface area contributed by atoms with Gasteiger partial charge in [0, 0.05) is 12.6 Å². The van der Waals surface area contributed by atoms with Gasteiger partial charge in [0.15, 0.2) is 5.69 Å². The van der Waals surface area contributed by atoms with Gasteiger partial charge in [0.05, 0.1) is 0 Å². The zero-order chi connectivity index (χ0) is 13.7. The Kier molecular flexibility index (Phi) is 4.71. The Hall–Kier alpha value is -1.65. The van der Waals surface area contributed by atoms with Crippen molar-refractivity contribution in [2.45, 2.75) is 45.6 Å². The van der Waals surface area contributed by atoms with Gasteiger partial charge in [-0.05, 0) is 44.7 Å². The molecule has 1 saturated carbocycles. The number of amides is 1. The summed E-state index contributed by atoms with van der Waals surface area (Å²) in [6, 6.07) is 3.94. The number of aromatic nitrogens is 2. The first-order valence-electron chi connectivity index (χ1n) is 7.09. The van der Waals surface area contributed by atoms with E-state index in [9.17, 15) is 4.79 Å². The molecule has 0 radical (unpaired) electrons. The summed E-state index contributed by atoms with van der Waals surface area (Å²) >= 11 is 0. The molecule has 1 aliphatic rings. The second-order valence-electron chi connectivity index (χ2n) is 5.14. The number of nitrogens with one attached hydrogen (secondary N) is 2. The van der Waals surface area contributed by atoms with Crippen molar-refractivity contribution in [1.29, 1.82) is 0 Å². The van der Waals surface area contributed by atoms with Gasteiger partial charge in [0.25, 0.3) is 5.91 Å². The molecule has 1 heterocycles. The quantitative estimate of drug-likeness (QED) is 0.854. The lowest BCUT2D eigenvalue weighted by Crippen LogP contribution is -2.26. The average molecular weight is 262 g/mol. The molecule has 19 heavy (non-hydrogen) atoms. The Morgan fingerprint density at radius 2 is 2.11 bits per heavy atom. The van der Waals surface area contributed by atoms with Crippen LogP contribution < -0.4 is 10.6 Å². The van der Waals surface area contributed by atoms with E-state index in [1.807, 2.05) is 13.0 Å². The minimum absolute atomic E-state index is 0.176. The zero-order valence-corrected chi connectivity index (χ0v) is 11.6. The van der Waals surface area contributed by atoms with E-state index in [4.69, 9.17) is 0 Å². The Morgan fingerprint density at radius 3 is 2.68 bits per heavy atom. The SMILES string of the molecule is CCNC(=O)c1ccc(NC(C)C2CCCC2)nn1. The van der Waals surface area contributed by atoms with Crippen LogP contribution in [0.2, 0.25) is 0 Å². The first-order chi connectivity index (χ1) is 9.20. The minimum Gasteiger partial charge on any atom is -0.366 e. The van der Waals surface area contributed by atoms with Crippen LogP contribution in [0.5, 0.6) is 0 Å². The van der Waals surface area contributed by atoms with Crippen LogP contribution in [-0.2, 0) is 0 Å². The van der Waals surface area contributed by atoms with E-state index in [1.54, 1.807) is 6.07 Å². The predicted molar refractivity (Wildman–Crippen MR) is 75.1 cm³/mol. The fraction of sp³-hybridized carbons (Fsp3) is 0.643. The van der Waals surface area contributed by atoms with E-state index >= 15 is 0 Å². The van der Waals surface area contributed by atoms with Crippen molar-refractivity contribution in [3.63, 3.8) is 0 Å². The van der Waals surface area contributed by atoms with E-state index in [0.717, 1.165) is 11.7 Å². The van der Waals surface area contributed by atoms with Gasteiger partial charge in [0.2, 0.25) is 0 Å². The maximum atomic E-state index is 11.6. The molecule has 1 atom stereocenters. The topological polar surface area (TPSA) is 66.9 Å². The zero-order valence-electron chi connectivity index (χ0n) is 11.6. The summed E-state index contributed by atoms with van der Waals surface area (Å²) in [5.74, 6) is 1.29. The lowest BCUT2D eigenvalue weighted by molar-refractivity contribution is 0.0950. The Bertz CT molecular complexity index is 412. The van der Waals surface area contributed by atoms with E-state index in [-0.39, 0.29) is 5.91 Å². The third-order valence-electron chi connectivity index (χ3n) is 3.72. The monoisotopic (exact) mass is 262 g/mol. The Labute approximate surface area is 114 Å². The molecule has 2 rings (SSSR count). The largest absolute Gasteiger partial charge is 0.366 e. The number of anilines is 1. The number of carbonyl (C=O) groups is 1. The molecule has 1 amide bonds. The van der Waals surface area contributed by atoms with Gasteiger partial charge >= 0.3 is 0 Å². The lowest BCUT2D eigenvalue weighted by atomic mass is 10.00. The van der Waals surface area contributed by atoms with Gasteiger partial charge in [-0.2, -0.15) is 0 Å². The van der Waals surface area contributed by atoms with Gasteiger partial charge in [-0.1, -0.05) is 12.8 Å². The summed E-state index contributed by atoms with van der Waals surface area (Å²) in [5.41, 5.74) is 0.362. The van der Waals surface area contributed by atoms with Crippen molar-refractivity contribution >= 4 is 11.7 Å². The second-order valence-corrected chi connectivity index (χ2v) is 5.14. The molecule has 104 valence electrons. The van der Waals surface area contributed by atoms with E-state index in [0.29, 0.717) is 18.3 Å². The molecule has 5 heteroatoms. The van der Waals surface area contributed by atoms with Gasteiger partial charge in [-0.3, -0.25) is 4.79 Å². The van der Waals surface area contributed by atoms with Crippen molar-refractivity contribution in [3.8, 4) is 0 Å². The molecule has 1 aromatic rings. The summed E-state index contributed by atoms with van der Waals surface area (Å²) in [7, 11) is 0. The Balaban J connectivity index is 1.92. The molecule has 0 aromatic carbocycles. The normalized spacial score (nSPS) is 17.2. The number of nitrogens with zero attached hydrogens (tertiary/aromatic N) is 2. The first-order valence-corrected chi connectivity index (χ1v) is 7.09. The maximum absolute atomic E-state index is 11.6. The van der Waals surface area contributed by atoms with E-state index in [1.165, 1.54) is 25.7 Å². The third-order valence-corrected chi connectivity index (χ3v) is 3.72. The third kappa shape index (κ3) is 3.66. The number of hydrogen-bond donors (Lipinski definition) is 2. The molecule has 1 aromatic heterocycles. The highest BCUT2D eigenvalue weighted by Gasteiger charge is 2.21. The van der Waals surface area contributed by atoms with Gasteiger partial charge in [-0.25, -0.2) is 0 Å². The highest BCUT2D eigenvalue weighted by Crippen LogP contribution is 2.28. The standard InChI is InChI=1S/C14H22N4O/c1-3-15-14(19)12-8-9-13(18-17-12)16-10(2)11-6-4-5-7-11/h8-11H,3-7H2,1-2H3,(H,15,19)(H,16,18). The molecule has 1 fully saturated rings. The summed E-state index contributed by atoms with van der Waals surface area (Å²) in [4.78, 5) is 11.6. The number of hydrogen-bond acceptors (Lipinski definition) is 4. The fourth-order valence-electron chi connectivity index (χ4n) is 2.59. The van der Waals surface area contributed by atoms with Crippen LogP contribution in [0.1, 0.15) is 50.0 Å². The van der Waals surface area contributed by atoms with Crippen molar-refractivity contribution in [2.24, 2.45) is 5.92 Å². The summed E-state index contributed by atoms with van der Waals surface area (Å²) in [5, 5.41) is 14.1. The molecule has 1 unspecified atom stereocenters. The predicted octanol–water partition coefficient (Wildman–Crippen LogP) is 2.22. The van der Waals surface area contributed by atoms with Crippen LogP contribution in [0.15, 0.2) is 12.1 Å². The van der Waals surface area contributed by atoms with Gasteiger partial charge in [-0.15, -0.1) is 10.2 Å². The molecule has 2 N–H and O–H groups in total. The highest BCUT2D eigenvalue weighted by atomic mass is 16.1. The maximum Gasteiger partial charge on any atom is 0.271 e. The number of rotatable bonds is 5. The lowest BCUT2D eigenvalue weighted by Gasteiger charge is -2.20. The van der Waals surface area contributed by atoms with Crippen LogP contribution in [0.25, 0.3) is 0 Å². The van der Waals surface area contributed by atoms with Crippen LogP contribution in [-0.4, -0.2) is 28.7 Å². The van der Waals surface area contributed by atoms with E-state index in [2.05, 4.69) is 27.8 Å². The molecule has 0 spiro atoms. The molecule has 0 aliphatic heterocycles. The molecule has 5 nitrogen and oxygen atoms in total. The van der Waals surface area contributed by atoms with E-state index < -0.39 is 0 Å². The van der Waals surface area contributed by atoms with Gasteiger partial charge in [0.1, 0.15) is 5.82 Å². The van der Waals surface area contributed by atoms with Crippen LogP contribution in [0, 0.1) is 5.92 Å². The minimum atomic E-state index is -0.176. The first kappa shape index (κ1) is 13.8. The highest BCUT2D eigenvalue weighted by molar-refractivity contribution is 5.92. The smallest absolute Gasteiger partial charge is 0.271 e. The Morgan fingerprint density at radius 1 is 1.37 bits per heavy atom. The number of carbonyl (C=O) groups excluding carboxylic acids is 1. The van der Waals surface area contributed by atoms with Crippen molar-refractivity contribution in [3.05, 3.63) is 17.8 Å². The van der Waals surface area contributed by atoms with Crippen LogP contribution in [0.3, 0.4) is 0 Å². The summed E-state index contributed by atoms with van der Waals surface area (Å²) < 4.78 is 0. The molecule has 1 aliphatic carbocycles. The van der Waals surface area contributed by atoms with Crippen LogP contribution >= 0.6 is 0 Å². The second kappa shape index (κ2) is 6.50. The molecular formula is C14H22N4O. The van der Waals surface area contributed by atoms with Gasteiger partial charge < -0.3 is 10.6 Å². The summed E-state index contributed by atoms with van der Waals surface area (Å²) in [6.45, 7) is 4.67. The average Bonchev–Trinajstić information content (AvgIpc) is 2.94. The van der Waals surface area contributed by atoms with Crippen molar-refractivity contribution < 1.29 is 4.79 Å². The van der Waals surface area contributed by atoms with Crippen molar-refractivity contribution in [2.75, 3.05) is 11.9 Å².